The Morgan fingerprint density at radius 3 is 2.37 bits per heavy atom. The molecule has 1 fully saturated rings. The standard InChI is InChI=1S/C24H28N2O2S.CH4/c1-25-23-10-7-19(16-21(23)22-17-29(27,28)14-11-24(22)25)15-18-5-8-20(9-6-18)26-12-3-2-4-13-26;/h5-10,16H,2-4,11-15,17H2,1H3;1H4. The Bertz CT molecular complexity index is 1150. The summed E-state index contributed by atoms with van der Waals surface area (Å²) in [5.41, 5.74) is 7.18. The lowest BCUT2D eigenvalue weighted by molar-refractivity contribution is 0.578. The zero-order chi connectivity index (χ0) is 20.0. The first-order valence-corrected chi connectivity index (χ1v) is 12.5. The van der Waals surface area contributed by atoms with Crippen LogP contribution in [0.4, 0.5) is 5.69 Å². The van der Waals surface area contributed by atoms with E-state index in [9.17, 15) is 8.42 Å². The van der Waals surface area contributed by atoms with Gasteiger partial charge in [0, 0.05) is 48.8 Å². The summed E-state index contributed by atoms with van der Waals surface area (Å²) in [6, 6.07) is 15.5. The van der Waals surface area contributed by atoms with E-state index >= 15 is 0 Å². The van der Waals surface area contributed by atoms with Crippen LogP contribution in [0.5, 0.6) is 0 Å². The lowest BCUT2D eigenvalue weighted by Gasteiger charge is -2.28. The quantitative estimate of drug-likeness (QED) is 0.603. The van der Waals surface area contributed by atoms with Gasteiger partial charge in [0.2, 0.25) is 0 Å². The van der Waals surface area contributed by atoms with E-state index in [1.165, 1.54) is 41.8 Å². The van der Waals surface area contributed by atoms with Crippen molar-refractivity contribution in [3.05, 3.63) is 64.8 Å². The van der Waals surface area contributed by atoms with Crippen LogP contribution in [0.25, 0.3) is 10.9 Å². The Hall–Kier alpha value is -2.27. The molecule has 2 aromatic carbocycles. The topological polar surface area (TPSA) is 42.3 Å². The lowest BCUT2D eigenvalue weighted by atomic mass is 10.0. The van der Waals surface area contributed by atoms with E-state index in [1.807, 2.05) is 0 Å². The predicted octanol–water partition coefficient (Wildman–Crippen LogP) is 4.87. The number of fused-ring (bicyclic) bond motifs is 3. The normalized spacial score (nSPS) is 18.1. The molecule has 3 aromatic rings. The van der Waals surface area contributed by atoms with Gasteiger partial charge < -0.3 is 9.47 Å². The Balaban J connectivity index is 0.00000218. The van der Waals surface area contributed by atoms with E-state index in [2.05, 4.69) is 59.0 Å². The number of nitrogens with zero attached hydrogens (tertiary/aromatic N) is 2. The highest BCUT2D eigenvalue weighted by Crippen LogP contribution is 2.32. The number of benzene rings is 2. The lowest BCUT2D eigenvalue weighted by Crippen LogP contribution is -2.29. The molecule has 4 nitrogen and oxygen atoms in total. The zero-order valence-corrected chi connectivity index (χ0v) is 17.8. The van der Waals surface area contributed by atoms with Crippen LogP contribution < -0.4 is 4.90 Å². The van der Waals surface area contributed by atoms with Crippen LogP contribution in [0, 0.1) is 0 Å². The first-order chi connectivity index (χ1) is 14.0. The average molecular weight is 425 g/mol. The third kappa shape index (κ3) is 3.87. The minimum absolute atomic E-state index is 0. The maximum atomic E-state index is 12.2. The number of aromatic nitrogens is 1. The van der Waals surface area contributed by atoms with Crippen molar-refractivity contribution in [2.24, 2.45) is 7.05 Å². The Kier molecular flexibility index (Phi) is 5.67. The fourth-order valence-corrected chi connectivity index (χ4v) is 6.38. The van der Waals surface area contributed by atoms with Crippen LogP contribution in [-0.4, -0.2) is 31.8 Å². The van der Waals surface area contributed by atoms with E-state index in [-0.39, 0.29) is 18.9 Å². The molecular weight excluding hydrogens is 392 g/mol. The van der Waals surface area contributed by atoms with Crippen molar-refractivity contribution in [2.75, 3.05) is 23.7 Å². The van der Waals surface area contributed by atoms with E-state index in [0.717, 1.165) is 36.0 Å². The number of aryl methyl sites for hydroxylation is 1. The Morgan fingerprint density at radius 1 is 0.933 bits per heavy atom. The second-order valence-electron chi connectivity index (χ2n) is 8.57. The smallest absolute Gasteiger partial charge is 0.154 e. The predicted molar refractivity (Wildman–Crippen MR) is 126 cm³/mol. The maximum Gasteiger partial charge on any atom is 0.154 e. The molecule has 0 bridgehead atoms. The maximum absolute atomic E-state index is 12.2. The van der Waals surface area contributed by atoms with Crippen molar-refractivity contribution < 1.29 is 8.42 Å². The minimum Gasteiger partial charge on any atom is -0.372 e. The highest BCUT2D eigenvalue weighted by Gasteiger charge is 2.26. The van der Waals surface area contributed by atoms with Gasteiger partial charge in [0.1, 0.15) is 0 Å². The van der Waals surface area contributed by atoms with Gasteiger partial charge in [-0.25, -0.2) is 8.42 Å². The molecule has 0 radical (unpaired) electrons. The van der Waals surface area contributed by atoms with Crippen molar-refractivity contribution >= 4 is 26.4 Å². The monoisotopic (exact) mass is 424 g/mol. The average Bonchev–Trinajstić information content (AvgIpc) is 2.99. The summed E-state index contributed by atoms with van der Waals surface area (Å²) in [5, 5.41) is 1.10. The van der Waals surface area contributed by atoms with Gasteiger partial charge in [0.15, 0.2) is 9.84 Å². The van der Waals surface area contributed by atoms with E-state index < -0.39 is 9.84 Å². The summed E-state index contributed by atoms with van der Waals surface area (Å²) in [5.74, 6) is 0.439. The van der Waals surface area contributed by atoms with Crippen LogP contribution in [0.3, 0.4) is 0 Å². The molecule has 0 saturated carbocycles. The largest absolute Gasteiger partial charge is 0.372 e. The molecule has 2 aliphatic rings. The van der Waals surface area contributed by atoms with Crippen LogP contribution >= 0.6 is 0 Å². The van der Waals surface area contributed by atoms with Crippen molar-refractivity contribution in [3.8, 4) is 0 Å². The molecular formula is C25H32N2O2S. The summed E-state index contributed by atoms with van der Waals surface area (Å²) >= 11 is 0. The van der Waals surface area contributed by atoms with Gasteiger partial charge in [0.05, 0.1) is 11.5 Å². The third-order valence-electron chi connectivity index (χ3n) is 6.58. The number of piperidine rings is 1. The first-order valence-electron chi connectivity index (χ1n) is 10.6. The molecule has 160 valence electrons. The van der Waals surface area contributed by atoms with Crippen molar-refractivity contribution in [1.29, 1.82) is 0 Å². The number of sulfone groups is 1. The molecule has 0 N–H and O–H groups in total. The van der Waals surface area contributed by atoms with E-state index in [1.54, 1.807) is 0 Å². The highest BCUT2D eigenvalue weighted by atomic mass is 32.2. The fraction of sp³-hybridized carbons (Fsp3) is 0.440. The summed E-state index contributed by atoms with van der Waals surface area (Å²) in [6.45, 7) is 2.33. The molecule has 2 aliphatic heterocycles. The SMILES string of the molecule is C.Cn1c2c(c3cc(Cc4ccc(N5CCCCC5)cc4)ccc31)CS(=O)(=O)CC2. The van der Waals surface area contributed by atoms with Crippen molar-refractivity contribution in [1.82, 2.24) is 4.57 Å². The highest BCUT2D eigenvalue weighted by molar-refractivity contribution is 7.90. The second kappa shape index (κ2) is 8.10. The van der Waals surface area contributed by atoms with Gasteiger partial charge in [-0.1, -0.05) is 25.6 Å². The molecule has 0 aliphatic carbocycles. The molecule has 5 heteroatoms. The number of rotatable bonds is 3. The molecule has 0 unspecified atom stereocenters. The summed E-state index contributed by atoms with van der Waals surface area (Å²) in [7, 11) is -0.926. The van der Waals surface area contributed by atoms with Crippen LogP contribution in [-0.2, 0) is 35.5 Å². The Labute approximate surface area is 180 Å². The first kappa shape index (κ1) is 21.0. The van der Waals surface area contributed by atoms with Gasteiger partial charge in [-0.3, -0.25) is 0 Å². The zero-order valence-electron chi connectivity index (χ0n) is 17.0. The Morgan fingerprint density at radius 2 is 1.63 bits per heavy atom. The molecule has 30 heavy (non-hydrogen) atoms. The fourth-order valence-electron chi connectivity index (χ4n) is 4.97. The molecule has 3 heterocycles. The second-order valence-corrected chi connectivity index (χ2v) is 10.8. The van der Waals surface area contributed by atoms with Gasteiger partial charge in [-0.15, -0.1) is 0 Å². The van der Waals surface area contributed by atoms with Gasteiger partial charge >= 0.3 is 0 Å². The van der Waals surface area contributed by atoms with Crippen molar-refractivity contribution in [3.63, 3.8) is 0 Å². The van der Waals surface area contributed by atoms with Gasteiger partial charge in [-0.05, 0) is 66.6 Å². The number of anilines is 1. The summed E-state index contributed by atoms with van der Waals surface area (Å²) in [4.78, 5) is 2.48. The van der Waals surface area contributed by atoms with Gasteiger partial charge in [-0.2, -0.15) is 0 Å². The van der Waals surface area contributed by atoms with Crippen LogP contribution in [0.1, 0.15) is 49.1 Å². The molecule has 1 saturated heterocycles. The number of hydrogen-bond acceptors (Lipinski definition) is 3. The molecule has 0 spiro atoms. The van der Waals surface area contributed by atoms with Gasteiger partial charge in [0.25, 0.3) is 0 Å². The van der Waals surface area contributed by atoms with Crippen LogP contribution in [0.2, 0.25) is 0 Å². The molecule has 1 aromatic heterocycles. The van der Waals surface area contributed by atoms with Crippen LogP contribution in [0.15, 0.2) is 42.5 Å². The molecule has 5 rings (SSSR count). The molecule has 0 atom stereocenters. The van der Waals surface area contributed by atoms with Crippen molar-refractivity contribution in [2.45, 2.75) is 45.3 Å². The molecule has 0 amide bonds. The summed E-state index contributed by atoms with van der Waals surface area (Å²) < 4.78 is 26.6. The summed E-state index contributed by atoms with van der Waals surface area (Å²) in [6.07, 6.45) is 5.42. The van der Waals surface area contributed by atoms with E-state index in [0.29, 0.717) is 6.42 Å². The van der Waals surface area contributed by atoms with E-state index in [4.69, 9.17) is 0 Å². The number of hydrogen-bond donors (Lipinski definition) is 0. The third-order valence-corrected chi connectivity index (χ3v) is 8.14. The minimum atomic E-state index is -2.98.